The van der Waals surface area contributed by atoms with Crippen LogP contribution in [0.4, 0.5) is 4.39 Å². The van der Waals surface area contributed by atoms with Crippen LogP contribution in [0.25, 0.3) is 0 Å². The molecule has 2 aromatic carbocycles. The van der Waals surface area contributed by atoms with E-state index in [4.69, 9.17) is 5.73 Å². The van der Waals surface area contributed by atoms with Gasteiger partial charge in [0.25, 0.3) is 0 Å². The molecule has 0 bridgehead atoms. The summed E-state index contributed by atoms with van der Waals surface area (Å²) in [5.41, 5.74) is 10.1. The van der Waals surface area contributed by atoms with Crippen molar-refractivity contribution in [1.29, 1.82) is 0 Å². The fraction of sp³-hybridized carbons (Fsp3) is 0.368. The first-order chi connectivity index (χ1) is 10.5. The van der Waals surface area contributed by atoms with Crippen molar-refractivity contribution in [2.45, 2.75) is 30.8 Å². The summed E-state index contributed by atoms with van der Waals surface area (Å²) < 4.78 is 13.2. The second-order valence-corrected chi connectivity index (χ2v) is 6.52. The minimum atomic E-state index is -0.448. The van der Waals surface area contributed by atoms with Crippen LogP contribution in [0, 0.1) is 5.82 Å². The number of hydrogen-bond donors (Lipinski definition) is 1. The predicted molar refractivity (Wildman–Crippen MR) is 88.2 cm³/mol. The molecular weight excluding hydrogens is 275 g/mol. The van der Waals surface area contributed by atoms with Gasteiger partial charge in [0.2, 0.25) is 0 Å². The summed E-state index contributed by atoms with van der Waals surface area (Å²) in [4.78, 5) is 2.22. The van der Waals surface area contributed by atoms with Crippen LogP contribution in [0.15, 0.2) is 48.5 Å². The van der Waals surface area contributed by atoms with E-state index in [1.807, 2.05) is 12.1 Å². The summed E-state index contributed by atoms with van der Waals surface area (Å²) in [7, 11) is 4.18. The van der Waals surface area contributed by atoms with Crippen LogP contribution in [0.3, 0.4) is 0 Å². The molecule has 2 unspecified atom stereocenters. The van der Waals surface area contributed by atoms with Crippen molar-refractivity contribution in [3.63, 3.8) is 0 Å². The number of aryl methyl sites for hydroxylation is 1. The third-order valence-corrected chi connectivity index (χ3v) is 4.83. The molecule has 0 radical (unpaired) electrons. The largest absolute Gasteiger partial charge is 0.320 e. The third kappa shape index (κ3) is 2.67. The molecule has 0 heterocycles. The highest BCUT2D eigenvalue weighted by Gasteiger charge is 2.42. The summed E-state index contributed by atoms with van der Waals surface area (Å²) in [5, 5.41) is 0. The summed E-state index contributed by atoms with van der Waals surface area (Å²) in [6, 6.07) is 15.4. The molecule has 1 aliphatic carbocycles. The Morgan fingerprint density at radius 3 is 2.50 bits per heavy atom. The fourth-order valence-electron chi connectivity index (χ4n) is 3.79. The van der Waals surface area contributed by atoms with Crippen LogP contribution in [-0.2, 0) is 18.4 Å². The summed E-state index contributed by atoms with van der Waals surface area (Å²) in [6.07, 6.45) is 2.82. The normalized spacial score (nSPS) is 24.3. The number of rotatable bonds is 3. The van der Waals surface area contributed by atoms with Crippen molar-refractivity contribution in [1.82, 2.24) is 4.90 Å². The lowest BCUT2D eigenvalue weighted by molar-refractivity contribution is 0.152. The Balaban J connectivity index is 2.03. The molecule has 2 nitrogen and oxygen atoms in total. The lowest BCUT2D eigenvalue weighted by Gasteiger charge is -2.46. The smallest absolute Gasteiger partial charge is 0.123 e. The molecule has 3 rings (SSSR count). The van der Waals surface area contributed by atoms with Crippen LogP contribution in [0.5, 0.6) is 0 Å². The molecule has 0 saturated heterocycles. The lowest BCUT2D eigenvalue weighted by Crippen LogP contribution is -2.58. The SMILES string of the molecule is CN(C)C1CCc2ccccc2C1(N)Cc1ccc(F)cc1. The molecule has 0 amide bonds. The molecule has 1 aliphatic rings. The molecule has 0 spiro atoms. The lowest BCUT2D eigenvalue weighted by atomic mass is 9.70. The minimum absolute atomic E-state index is 0.206. The van der Waals surface area contributed by atoms with E-state index in [1.165, 1.54) is 23.3 Å². The van der Waals surface area contributed by atoms with Crippen molar-refractivity contribution >= 4 is 0 Å². The van der Waals surface area contributed by atoms with Crippen LogP contribution < -0.4 is 5.73 Å². The van der Waals surface area contributed by atoms with Gasteiger partial charge in [-0.1, -0.05) is 36.4 Å². The average Bonchev–Trinajstić information content (AvgIpc) is 2.50. The van der Waals surface area contributed by atoms with Crippen molar-refractivity contribution in [2.75, 3.05) is 14.1 Å². The zero-order chi connectivity index (χ0) is 15.7. The van der Waals surface area contributed by atoms with E-state index in [2.05, 4.69) is 43.3 Å². The molecule has 0 saturated carbocycles. The fourth-order valence-corrected chi connectivity index (χ4v) is 3.79. The Hall–Kier alpha value is -1.71. The van der Waals surface area contributed by atoms with E-state index in [0.717, 1.165) is 18.4 Å². The van der Waals surface area contributed by atoms with Crippen molar-refractivity contribution < 1.29 is 4.39 Å². The molecule has 0 aliphatic heterocycles. The Labute approximate surface area is 131 Å². The first kappa shape index (κ1) is 15.2. The maximum absolute atomic E-state index is 13.2. The number of likely N-dealkylation sites (N-methyl/N-ethyl adjacent to an activating group) is 1. The quantitative estimate of drug-likeness (QED) is 0.943. The van der Waals surface area contributed by atoms with Crippen LogP contribution in [-0.4, -0.2) is 25.0 Å². The van der Waals surface area contributed by atoms with Crippen LogP contribution in [0.1, 0.15) is 23.1 Å². The molecule has 0 fully saturated rings. The molecule has 2 atom stereocenters. The van der Waals surface area contributed by atoms with Gasteiger partial charge in [-0.25, -0.2) is 4.39 Å². The van der Waals surface area contributed by atoms with Gasteiger partial charge in [0.15, 0.2) is 0 Å². The Kier molecular flexibility index (Phi) is 4.02. The highest BCUT2D eigenvalue weighted by atomic mass is 19.1. The molecular formula is C19H23FN2. The van der Waals surface area contributed by atoms with Gasteiger partial charge in [-0.15, -0.1) is 0 Å². The monoisotopic (exact) mass is 298 g/mol. The van der Waals surface area contributed by atoms with Crippen LogP contribution in [0.2, 0.25) is 0 Å². The van der Waals surface area contributed by atoms with Crippen LogP contribution >= 0.6 is 0 Å². The molecule has 2 N–H and O–H groups in total. The number of halogens is 1. The standard InChI is InChI=1S/C19H23FN2/c1-22(2)18-12-9-15-5-3-4-6-17(15)19(18,21)13-14-7-10-16(20)11-8-14/h3-8,10-11,18H,9,12-13,21H2,1-2H3. The second-order valence-electron chi connectivity index (χ2n) is 6.52. The van der Waals surface area contributed by atoms with E-state index in [-0.39, 0.29) is 11.9 Å². The highest BCUT2D eigenvalue weighted by Crippen LogP contribution is 2.38. The van der Waals surface area contributed by atoms with E-state index in [0.29, 0.717) is 6.42 Å². The van der Waals surface area contributed by atoms with E-state index >= 15 is 0 Å². The topological polar surface area (TPSA) is 29.3 Å². The number of benzene rings is 2. The maximum Gasteiger partial charge on any atom is 0.123 e. The average molecular weight is 298 g/mol. The van der Waals surface area contributed by atoms with Crippen molar-refractivity contribution in [3.8, 4) is 0 Å². The minimum Gasteiger partial charge on any atom is -0.320 e. The van der Waals surface area contributed by atoms with Gasteiger partial charge in [-0.05, 0) is 62.2 Å². The Morgan fingerprint density at radius 1 is 1.14 bits per heavy atom. The van der Waals surface area contributed by atoms with Gasteiger partial charge in [-0.3, -0.25) is 0 Å². The number of nitrogens with two attached hydrogens (primary N) is 1. The third-order valence-electron chi connectivity index (χ3n) is 4.83. The molecule has 3 heteroatoms. The van der Waals surface area contributed by atoms with Gasteiger partial charge in [0, 0.05) is 6.04 Å². The predicted octanol–water partition coefficient (Wildman–Crippen LogP) is 3.10. The highest BCUT2D eigenvalue weighted by molar-refractivity contribution is 5.40. The van der Waals surface area contributed by atoms with Crippen molar-refractivity contribution in [3.05, 3.63) is 71.0 Å². The molecule has 0 aromatic heterocycles. The first-order valence-corrected chi connectivity index (χ1v) is 7.79. The van der Waals surface area contributed by atoms with Gasteiger partial charge < -0.3 is 10.6 Å². The summed E-state index contributed by atoms with van der Waals surface area (Å²) in [6.45, 7) is 0. The maximum atomic E-state index is 13.2. The first-order valence-electron chi connectivity index (χ1n) is 7.79. The zero-order valence-electron chi connectivity index (χ0n) is 13.2. The summed E-state index contributed by atoms with van der Waals surface area (Å²) >= 11 is 0. The number of fused-ring (bicyclic) bond motifs is 1. The summed E-state index contributed by atoms with van der Waals surface area (Å²) in [5.74, 6) is -0.206. The van der Waals surface area contributed by atoms with Gasteiger partial charge in [0.1, 0.15) is 5.82 Å². The van der Waals surface area contributed by atoms with Crippen molar-refractivity contribution in [2.24, 2.45) is 5.73 Å². The number of hydrogen-bond acceptors (Lipinski definition) is 2. The molecule has 2 aromatic rings. The van der Waals surface area contributed by atoms with E-state index < -0.39 is 5.54 Å². The number of nitrogens with zero attached hydrogens (tertiary/aromatic N) is 1. The van der Waals surface area contributed by atoms with Gasteiger partial charge >= 0.3 is 0 Å². The van der Waals surface area contributed by atoms with E-state index in [1.54, 1.807) is 0 Å². The Morgan fingerprint density at radius 2 is 1.82 bits per heavy atom. The second kappa shape index (κ2) is 5.82. The molecule has 22 heavy (non-hydrogen) atoms. The Bertz CT molecular complexity index is 651. The van der Waals surface area contributed by atoms with E-state index in [9.17, 15) is 4.39 Å². The van der Waals surface area contributed by atoms with Gasteiger partial charge in [-0.2, -0.15) is 0 Å². The zero-order valence-corrected chi connectivity index (χ0v) is 13.2. The van der Waals surface area contributed by atoms with Gasteiger partial charge in [0.05, 0.1) is 5.54 Å². The molecule has 116 valence electrons.